The quantitative estimate of drug-likeness (QED) is 0.765. The Morgan fingerprint density at radius 1 is 1.44 bits per heavy atom. The van der Waals surface area contributed by atoms with Gasteiger partial charge in [-0.15, -0.1) is 0 Å². The van der Waals surface area contributed by atoms with Crippen LogP contribution >= 0.6 is 11.8 Å². The lowest BCUT2D eigenvalue weighted by atomic mass is 10.2. The minimum Gasteiger partial charge on any atom is -0.347 e. The number of thioether (sulfide) groups is 1. The van der Waals surface area contributed by atoms with E-state index >= 15 is 0 Å². The fourth-order valence-electron chi connectivity index (χ4n) is 1.45. The van der Waals surface area contributed by atoms with E-state index in [1.807, 2.05) is 25.1 Å². The van der Waals surface area contributed by atoms with Gasteiger partial charge in [-0.25, -0.2) is 0 Å². The highest BCUT2D eigenvalue weighted by Gasteiger charge is 2.21. The van der Waals surface area contributed by atoms with Crippen LogP contribution in [0, 0.1) is 0 Å². The lowest BCUT2D eigenvalue weighted by Gasteiger charge is -2.24. The Morgan fingerprint density at radius 2 is 2.11 bits per heavy atom. The number of rotatable bonds is 6. The standard InChI is InChI=1S/C11H20N4O2S/c1-8(11(16)14(2)3)15(4)6-10-12-9(7-18-5)13-17-10/h8H,6-7H2,1-5H3/t8-/m0/s1. The van der Waals surface area contributed by atoms with Gasteiger partial charge >= 0.3 is 0 Å². The molecule has 0 fully saturated rings. The third-order valence-electron chi connectivity index (χ3n) is 2.63. The lowest BCUT2D eigenvalue weighted by Crippen LogP contribution is -2.42. The monoisotopic (exact) mass is 272 g/mol. The van der Waals surface area contributed by atoms with Crippen molar-refractivity contribution in [1.29, 1.82) is 0 Å². The van der Waals surface area contributed by atoms with Crippen molar-refractivity contribution in [3.63, 3.8) is 0 Å². The van der Waals surface area contributed by atoms with Gasteiger partial charge in [-0.1, -0.05) is 5.16 Å². The van der Waals surface area contributed by atoms with Crippen LogP contribution in [0.3, 0.4) is 0 Å². The van der Waals surface area contributed by atoms with Crippen LogP contribution in [-0.2, 0) is 17.1 Å². The summed E-state index contributed by atoms with van der Waals surface area (Å²) in [4.78, 5) is 19.5. The molecule has 0 aliphatic rings. The van der Waals surface area contributed by atoms with Gasteiger partial charge in [0.25, 0.3) is 0 Å². The van der Waals surface area contributed by atoms with Crippen LogP contribution in [0.2, 0.25) is 0 Å². The van der Waals surface area contributed by atoms with E-state index in [1.54, 1.807) is 30.8 Å². The summed E-state index contributed by atoms with van der Waals surface area (Å²) in [5.41, 5.74) is 0. The molecule has 0 saturated carbocycles. The van der Waals surface area contributed by atoms with Crippen molar-refractivity contribution < 1.29 is 9.32 Å². The van der Waals surface area contributed by atoms with E-state index in [4.69, 9.17) is 4.52 Å². The fourth-order valence-corrected chi connectivity index (χ4v) is 1.83. The molecular formula is C11H20N4O2S. The van der Waals surface area contributed by atoms with E-state index in [9.17, 15) is 4.79 Å². The first-order valence-corrected chi connectivity index (χ1v) is 7.07. The number of amides is 1. The second-order valence-corrected chi connectivity index (χ2v) is 5.23. The van der Waals surface area contributed by atoms with Crippen molar-refractivity contribution in [2.45, 2.75) is 25.3 Å². The van der Waals surface area contributed by atoms with Gasteiger partial charge in [0.05, 0.1) is 18.3 Å². The summed E-state index contributed by atoms with van der Waals surface area (Å²) in [6, 6.07) is -0.212. The van der Waals surface area contributed by atoms with Gasteiger partial charge in [0.2, 0.25) is 11.8 Å². The van der Waals surface area contributed by atoms with Crippen molar-refractivity contribution in [3.05, 3.63) is 11.7 Å². The topological polar surface area (TPSA) is 62.5 Å². The maximum absolute atomic E-state index is 11.8. The second kappa shape index (κ2) is 6.75. The molecule has 1 amide bonds. The highest BCUT2D eigenvalue weighted by atomic mass is 32.2. The molecule has 0 spiro atoms. The average molecular weight is 272 g/mol. The Labute approximate surface area is 112 Å². The predicted octanol–water partition coefficient (Wildman–Crippen LogP) is 0.841. The summed E-state index contributed by atoms with van der Waals surface area (Å²) in [5, 5.41) is 3.87. The third-order valence-corrected chi connectivity index (χ3v) is 3.17. The van der Waals surface area contributed by atoms with Gasteiger partial charge in [0.15, 0.2) is 5.82 Å². The molecule has 0 aliphatic heterocycles. The molecule has 1 rings (SSSR count). The summed E-state index contributed by atoms with van der Waals surface area (Å²) >= 11 is 1.64. The number of carbonyl (C=O) groups excluding carboxylic acids is 1. The van der Waals surface area contributed by atoms with Gasteiger partial charge in [-0.2, -0.15) is 16.7 Å². The van der Waals surface area contributed by atoms with Gasteiger partial charge in [-0.3, -0.25) is 9.69 Å². The van der Waals surface area contributed by atoms with Crippen molar-refractivity contribution >= 4 is 17.7 Å². The SMILES string of the molecule is CSCc1noc(CN(C)[C@@H](C)C(=O)N(C)C)n1. The second-order valence-electron chi connectivity index (χ2n) is 4.36. The maximum atomic E-state index is 11.8. The Bertz CT molecular complexity index is 394. The summed E-state index contributed by atoms with van der Waals surface area (Å²) in [5.74, 6) is 2.03. The number of hydrogen-bond donors (Lipinski definition) is 0. The van der Waals surface area contributed by atoms with E-state index in [0.717, 1.165) is 5.75 Å². The number of likely N-dealkylation sites (N-methyl/N-ethyl adjacent to an activating group) is 2. The molecule has 102 valence electrons. The molecule has 0 bridgehead atoms. The molecule has 0 N–H and O–H groups in total. The normalized spacial score (nSPS) is 12.8. The zero-order chi connectivity index (χ0) is 13.7. The Morgan fingerprint density at radius 3 is 2.67 bits per heavy atom. The largest absolute Gasteiger partial charge is 0.347 e. The minimum atomic E-state index is -0.212. The molecule has 7 heteroatoms. The number of hydrogen-bond acceptors (Lipinski definition) is 6. The Balaban J connectivity index is 2.57. The molecule has 0 saturated heterocycles. The molecule has 0 unspecified atom stereocenters. The van der Waals surface area contributed by atoms with Crippen molar-refractivity contribution in [3.8, 4) is 0 Å². The molecular weight excluding hydrogens is 252 g/mol. The highest BCUT2D eigenvalue weighted by molar-refractivity contribution is 7.97. The Hall–Kier alpha value is -1.08. The zero-order valence-corrected chi connectivity index (χ0v) is 12.3. The van der Waals surface area contributed by atoms with Crippen molar-refractivity contribution in [2.24, 2.45) is 0 Å². The number of aromatic nitrogens is 2. The lowest BCUT2D eigenvalue weighted by molar-refractivity contribution is -0.133. The Kier molecular flexibility index (Phi) is 5.61. The van der Waals surface area contributed by atoms with Crippen LogP contribution in [-0.4, -0.2) is 59.3 Å². The number of carbonyl (C=O) groups is 1. The summed E-state index contributed by atoms with van der Waals surface area (Å²) < 4.78 is 5.14. The summed E-state index contributed by atoms with van der Waals surface area (Å²) in [7, 11) is 5.36. The van der Waals surface area contributed by atoms with E-state index in [2.05, 4.69) is 10.1 Å². The zero-order valence-electron chi connectivity index (χ0n) is 11.5. The molecule has 0 aliphatic carbocycles. The number of nitrogens with zero attached hydrogens (tertiary/aromatic N) is 4. The highest BCUT2D eigenvalue weighted by Crippen LogP contribution is 2.09. The summed E-state index contributed by atoms with van der Waals surface area (Å²) in [6.07, 6.45) is 1.99. The summed E-state index contributed by atoms with van der Waals surface area (Å²) in [6.45, 7) is 2.34. The first-order chi connectivity index (χ1) is 8.45. The van der Waals surface area contributed by atoms with Crippen molar-refractivity contribution in [2.75, 3.05) is 27.4 Å². The first kappa shape index (κ1) is 15.0. The van der Waals surface area contributed by atoms with Crippen LogP contribution in [0.15, 0.2) is 4.52 Å². The maximum Gasteiger partial charge on any atom is 0.240 e. The predicted molar refractivity (Wildman–Crippen MR) is 71.1 cm³/mol. The van der Waals surface area contributed by atoms with Crippen LogP contribution in [0.5, 0.6) is 0 Å². The van der Waals surface area contributed by atoms with E-state index in [-0.39, 0.29) is 11.9 Å². The van der Waals surface area contributed by atoms with Gasteiger partial charge in [-0.05, 0) is 20.2 Å². The molecule has 1 heterocycles. The average Bonchev–Trinajstić information content (AvgIpc) is 2.75. The third kappa shape index (κ3) is 3.99. The van der Waals surface area contributed by atoms with Crippen LogP contribution < -0.4 is 0 Å². The molecule has 0 aromatic carbocycles. The van der Waals surface area contributed by atoms with Gasteiger partial charge in [0.1, 0.15) is 0 Å². The van der Waals surface area contributed by atoms with Crippen molar-refractivity contribution in [1.82, 2.24) is 19.9 Å². The molecule has 1 atom stereocenters. The smallest absolute Gasteiger partial charge is 0.240 e. The fraction of sp³-hybridized carbons (Fsp3) is 0.727. The van der Waals surface area contributed by atoms with Gasteiger partial charge in [0, 0.05) is 14.1 Å². The molecule has 1 aromatic rings. The minimum absolute atomic E-state index is 0.0568. The van der Waals surface area contributed by atoms with Crippen LogP contribution in [0.4, 0.5) is 0 Å². The first-order valence-electron chi connectivity index (χ1n) is 5.67. The van der Waals surface area contributed by atoms with Gasteiger partial charge < -0.3 is 9.42 Å². The molecule has 1 aromatic heterocycles. The molecule has 6 nitrogen and oxygen atoms in total. The van der Waals surface area contributed by atoms with E-state index < -0.39 is 0 Å². The van der Waals surface area contributed by atoms with E-state index in [0.29, 0.717) is 18.3 Å². The van der Waals surface area contributed by atoms with Crippen LogP contribution in [0.25, 0.3) is 0 Å². The van der Waals surface area contributed by atoms with Crippen LogP contribution in [0.1, 0.15) is 18.6 Å². The molecule has 0 radical (unpaired) electrons. The van der Waals surface area contributed by atoms with E-state index in [1.165, 1.54) is 0 Å². The molecule has 18 heavy (non-hydrogen) atoms.